The van der Waals surface area contributed by atoms with Gasteiger partial charge in [-0.15, -0.1) is 0 Å². The van der Waals surface area contributed by atoms with Crippen LogP contribution in [0.15, 0.2) is 18.5 Å². The zero-order chi connectivity index (χ0) is 28.8. The van der Waals surface area contributed by atoms with E-state index in [2.05, 4.69) is 36.7 Å². The van der Waals surface area contributed by atoms with E-state index in [0.717, 1.165) is 62.2 Å². The van der Waals surface area contributed by atoms with Crippen LogP contribution >= 0.6 is 0 Å². The number of amides is 1. The summed E-state index contributed by atoms with van der Waals surface area (Å²) >= 11 is -2.82. The molecule has 1 spiro atoms. The van der Waals surface area contributed by atoms with E-state index in [0.29, 0.717) is 0 Å². The average Bonchev–Trinajstić information content (AvgIpc) is 3.35. The number of hydrogen-bond acceptors (Lipinski definition) is 6. The number of aromatic nitrogens is 3. The fraction of sp³-hybridized carbons (Fsp3) is 0.750. The van der Waals surface area contributed by atoms with Crippen LogP contribution in [0.5, 0.6) is 0 Å². The number of anilines is 1. The van der Waals surface area contributed by atoms with Crippen molar-refractivity contribution in [2.75, 3.05) is 31.1 Å². The predicted molar refractivity (Wildman–Crippen MR) is 168 cm³/mol. The van der Waals surface area contributed by atoms with E-state index in [1.54, 1.807) is 0 Å². The first-order valence-corrected chi connectivity index (χ1v) is 23.5. The summed E-state index contributed by atoms with van der Waals surface area (Å²) in [6, 6.07) is 2.11. The molecule has 2 aliphatic rings. The number of nitrogens with zero attached hydrogens (tertiary/aromatic N) is 5. The Balaban J connectivity index is 1.60. The van der Waals surface area contributed by atoms with Crippen molar-refractivity contribution in [2.24, 2.45) is 5.41 Å². The van der Waals surface area contributed by atoms with Gasteiger partial charge in [-0.2, -0.15) is 0 Å². The Kier molecular flexibility index (Phi) is 10.6. The van der Waals surface area contributed by atoms with Gasteiger partial charge in [-0.1, -0.05) is 0 Å². The molecule has 4 heterocycles. The van der Waals surface area contributed by atoms with Crippen molar-refractivity contribution >= 4 is 45.0 Å². The molecule has 0 aromatic carbocycles. The van der Waals surface area contributed by atoms with E-state index in [4.69, 9.17) is 14.7 Å². The molecule has 0 saturated carbocycles. The molecule has 4 rings (SSSR count). The molecular formula is C32H53N5O2Sn. The topological polar surface area (TPSA) is 71.5 Å². The molecule has 0 radical (unpaired) electrons. The first-order chi connectivity index (χ1) is 19.1. The Morgan fingerprint density at radius 1 is 0.950 bits per heavy atom. The van der Waals surface area contributed by atoms with Crippen molar-refractivity contribution in [3.8, 4) is 0 Å². The standard InChI is InChI=1S/C20H26N5O2.3C4H9.Sn/c1-19(2,3)27-18(26)25-11-7-20(13-25)5-9-24(10-6-20)17-15-4-8-21-12-16(15)22-14-23-17;3*1-3-4-2;/h4,8,12H,5-7,9-11,13H2,1-3H3;3*1,3-4H2,2H3;. The van der Waals surface area contributed by atoms with Crippen LogP contribution in [0.2, 0.25) is 13.3 Å². The van der Waals surface area contributed by atoms with E-state index in [1.807, 2.05) is 38.1 Å². The summed E-state index contributed by atoms with van der Waals surface area (Å²) in [6.07, 6.45) is 14.5. The average molecular weight is 659 g/mol. The van der Waals surface area contributed by atoms with Crippen molar-refractivity contribution < 1.29 is 9.53 Å². The number of ether oxygens (including phenoxy) is 1. The summed E-state index contributed by atoms with van der Waals surface area (Å²) in [5.41, 5.74) is 0.750. The van der Waals surface area contributed by atoms with Crippen LogP contribution in [0.3, 0.4) is 0 Å². The van der Waals surface area contributed by atoms with Gasteiger partial charge in [0.25, 0.3) is 0 Å². The number of rotatable bonds is 11. The molecule has 8 heteroatoms. The number of piperidine rings is 1. The second-order valence-electron chi connectivity index (χ2n) is 13.5. The number of fused-ring (bicyclic) bond motifs is 1. The molecular weight excluding hydrogens is 605 g/mol. The Morgan fingerprint density at radius 3 is 2.12 bits per heavy atom. The second-order valence-corrected chi connectivity index (χ2v) is 26.4. The van der Waals surface area contributed by atoms with Crippen molar-refractivity contribution in [1.29, 1.82) is 0 Å². The fourth-order valence-corrected chi connectivity index (χ4v) is 21.6. The van der Waals surface area contributed by atoms with Gasteiger partial charge in [-0.3, -0.25) is 0 Å². The number of carbonyl (C=O) groups excluding carboxylic acids is 1. The van der Waals surface area contributed by atoms with Gasteiger partial charge in [0.15, 0.2) is 0 Å². The first kappa shape index (κ1) is 31.3. The molecule has 2 aromatic heterocycles. The number of pyridine rings is 1. The number of carbonyl (C=O) groups is 1. The summed E-state index contributed by atoms with van der Waals surface area (Å²) in [5.74, 6) is 1.13. The summed E-state index contributed by atoms with van der Waals surface area (Å²) in [7, 11) is 0. The summed E-state index contributed by atoms with van der Waals surface area (Å²) in [5, 5.41) is 1.14. The van der Waals surface area contributed by atoms with Gasteiger partial charge in [-0.25, -0.2) is 0 Å². The molecule has 2 saturated heterocycles. The van der Waals surface area contributed by atoms with Crippen molar-refractivity contribution in [2.45, 2.75) is 118 Å². The van der Waals surface area contributed by atoms with Gasteiger partial charge >= 0.3 is 227 Å². The van der Waals surface area contributed by atoms with Crippen LogP contribution in [0.1, 0.15) is 99.3 Å². The summed E-state index contributed by atoms with van der Waals surface area (Å²) in [4.78, 5) is 32.6. The van der Waals surface area contributed by atoms with Crippen LogP contribution in [0.25, 0.3) is 10.9 Å². The third-order valence-corrected chi connectivity index (χ3v) is 23.8. The van der Waals surface area contributed by atoms with Crippen LogP contribution < -0.4 is 8.74 Å². The SMILES string of the molecule is CCC[CH2][Sn]([CH2]CCC)([CH2]CCC)[c]1nc(N2CCC3(CCN(C(=O)OC(C)(C)C)C3)CC2)c2ccncc2n1. The van der Waals surface area contributed by atoms with E-state index in [1.165, 1.54) is 55.7 Å². The van der Waals surface area contributed by atoms with Crippen LogP contribution in [0, 0.1) is 5.41 Å². The van der Waals surface area contributed by atoms with Gasteiger partial charge in [-0.05, 0) is 20.8 Å². The predicted octanol–water partition coefficient (Wildman–Crippen LogP) is 7.31. The molecule has 2 aliphatic heterocycles. The van der Waals surface area contributed by atoms with Crippen molar-refractivity contribution in [3.63, 3.8) is 0 Å². The molecule has 0 atom stereocenters. The number of unbranched alkanes of at least 4 members (excludes halogenated alkanes) is 3. The van der Waals surface area contributed by atoms with Gasteiger partial charge in [0.2, 0.25) is 0 Å². The molecule has 0 unspecified atom stereocenters. The van der Waals surface area contributed by atoms with Crippen molar-refractivity contribution in [1.82, 2.24) is 19.9 Å². The van der Waals surface area contributed by atoms with Crippen LogP contribution in [0.4, 0.5) is 10.6 Å². The quantitative estimate of drug-likeness (QED) is 0.236. The van der Waals surface area contributed by atoms with Gasteiger partial charge in [0, 0.05) is 0 Å². The Bertz CT molecular complexity index is 1100. The van der Waals surface area contributed by atoms with Crippen molar-refractivity contribution in [3.05, 3.63) is 18.5 Å². The Hall–Kier alpha value is -1.64. The number of likely N-dealkylation sites (tertiary alicyclic amines) is 1. The minimum absolute atomic E-state index is 0.166. The Morgan fingerprint density at radius 2 is 1.55 bits per heavy atom. The van der Waals surface area contributed by atoms with Crippen LogP contribution in [-0.2, 0) is 4.74 Å². The maximum absolute atomic E-state index is 12.8. The molecule has 2 fully saturated rings. The van der Waals surface area contributed by atoms with E-state index < -0.39 is 24.0 Å². The van der Waals surface area contributed by atoms with Gasteiger partial charge in [0.05, 0.1) is 0 Å². The van der Waals surface area contributed by atoms with Gasteiger partial charge in [0.1, 0.15) is 0 Å². The van der Waals surface area contributed by atoms with E-state index in [-0.39, 0.29) is 11.5 Å². The molecule has 40 heavy (non-hydrogen) atoms. The summed E-state index contributed by atoms with van der Waals surface area (Å²) in [6.45, 7) is 16.3. The molecule has 0 aliphatic carbocycles. The molecule has 0 bridgehead atoms. The second kappa shape index (κ2) is 13.6. The molecule has 1 amide bonds. The third-order valence-electron chi connectivity index (χ3n) is 9.19. The summed E-state index contributed by atoms with van der Waals surface area (Å²) < 4.78 is 11.0. The number of hydrogen-bond donors (Lipinski definition) is 0. The molecule has 0 N–H and O–H groups in total. The monoisotopic (exact) mass is 659 g/mol. The fourth-order valence-electron chi connectivity index (χ4n) is 6.72. The zero-order valence-corrected chi connectivity index (χ0v) is 29.0. The third kappa shape index (κ3) is 7.40. The van der Waals surface area contributed by atoms with Gasteiger partial charge < -0.3 is 0 Å². The maximum atomic E-state index is 12.8. The molecule has 2 aromatic rings. The molecule has 7 nitrogen and oxygen atoms in total. The van der Waals surface area contributed by atoms with E-state index in [9.17, 15) is 4.79 Å². The zero-order valence-electron chi connectivity index (χ0n) is 26.1. The minimum atomic E-state index is -2.82. The van der Waals surface area contributed by atoms with Crippen LogP contribution in [-0.4, -0.2) is 76.1 Å². The first-order valence-electron chi connectivity index (χ1n) is 16.0. The van der Waals surface area contributed by atoms with E-state index >= 15 is 0 Å². The Labute approximate surface area is 246 Å². The molecule has 222 valence electrons. The normalized spacial score (nSPS) is 17.6.